The van der Waals surface area contributed by atoms with Crippen molar-refractivity contribution in [3.05, 3.63) is 47.7 Å². The van der Waals surface area contributed by atoms with Crippen molar-refractivity contribution in [2.75, 3.05) is 11.9 Å². The molecule has 1 aliphatic rings. The van der Waals surface area contributed by atoms with Crippen LogP contribution in [-0.2, 0) is 4.79 Å². The van der Waals surface area contributed by atoms with Gasteiger partial charge in [-0.05, 0) is 32.9 Å². The van der Waals surface area contributed by atoms with E-state index in [9.17, 15) is 35.9 Å². The maximum atomic E-state index is 13.0. The Hall–Kier alpha value is -3.91. The average molecular weight is 573 g/mol. The topological polar surface area (TPSA) is 102 Å². The summed E-state index contributed by atoms with van der Waals surface area (Å²) in [5.74, 6) is -5.08. The van der Waals surface area contributed by atoms with Gasteiger partial charge in [0.25, 0.3) is 5.91 Å². The minimum Gasteiger partial charge on any atom is -0.486 e. The first-order valence-electron chi connectivity index (χ1n) is 12.3. The number of alkyl halides is 6. The van der Waals surface area contributed by atoms with Crippen LogP contribution in [0, 0.1) is 19.8 Å². The lowest BCUT2D eigenvalue weighted by molar-refractivity contribution is -0.285. The molecule has 216 valence electrons. The Bertz CT molecular complexity index is 1370. The highest BCUT2D eigenvalue weighted by Crippen LogP contribution is 2.42. The first kappa shape index (κ1) is 29.1. The van der Waals surface area contributed by atoms with E-state index >= 15 is 0 Å². The standard InChI is InChI=1S/C25H26F6N6O3/c1-13-4-5-16(10-32-13)23(39)35-18-11-37-22(33-12-34-37)21(15(18)3)40-17-6-7-36(14(2)8-17)20(38)9-19(24(26,27)28)25(29,30)31/h4-5,10-12,14,17,19H,6-9H2,1-3H3,(H,35,39)/t14-,17-/m0/s1. The predicted molar refractivity (Wildman–Crippen MR) is 130 cm³/mol. The van der Waals surface area contributed by atoms with Crippen LogP contribution in [0.5, 0.6) is 5.75 Å². The lowest BCUT2D eigenvalue weighted by Gasteiger charge is -2.38. The third-order valence-corrected chi connectivity index (χ3v) is 6.80. The molecule has 9 nitrogen and oxygen atoms in total. The van der Waals surface area contributed by atoms with Gasteiger partial charge in [-0.15, -0.1) is 0 Å². The molecule has 40 heavy (non-hydrogen) atoms. The number of pyridine rings is 2. The van der Waals surface area contributed by atoms with Gasteiger partial charge in [0.2, 0.25) is 5.91 Å². The van der Waals surface area contributed by atoms with Crippen LogP contribution in [0.4, 0.5) is 32.0 Å². The highest BCUT2D eigenvalue weighted by molar-refractivity contribution is 6.04. The molecule has 15 heteroatoms. The predicted octanol–water partition coefficient (Wildman–Crippen LogP) is 4.88. The van der Waals surface area contributed by atoms with Crippen molar-refractivity contribution in [3.63, 3.8) is 0 Å². The van der Waals surface area contributed by atoms with Crippen LogP contribution in [0.1, 0.15) is 47.8 Å². The highest BCUT2D eigenvalue weighted by atomic mass is 19.4. The van der Waals surface area contributed by atoms with E-state index in [0.29, 0.717) is 28.2 Å². The second kappa shape index (κ2) is 10.9. The fourth-order valence-electron chi connectivity index (χ4n) is 4.56. The van der Waals surface area contributed by atoms with Gasteiger partial charge in [0, 0.05) is 49.3 Å². The number of aryl methyl sites for hydroxylation is 1. The first-order valence-corrected chi connectivity index (χ1v) is 12.3. The number of carbonyl (C=O) groups excluding carboxylic acids is 2. The van der Waals surface area contributed by atoms with Crippen molar-refractivity contribution in [2.24, 2.45) is 5.92 Å². The molecule has 3 aromatic rings. The van der Waals surface area contributed by atoms with E-state index in [1.165, 1.54) is 24.0 Å². The van der Waals surface area contributed by atoms with E-state index in [4.69, 9.17) is 4.74 Å². The normalized spacial score (nSPS) is 18.3. The summed E-state index contributed by atoms with van der Waals surface area (Å²) in [6.07, 6.45) is -8.82. The number of nitrogens with one attached hydrogen (secondary N) is 1. The van der Waals surface area contributed by atoms with E-state index in [1.54, 1.807) is 32.2 Å². The zero-order chi connectivity index (χ0) is 29.4. The zero-order valence-electron chi connectivity index (χ0n) is 21.7. The molecular weight excluding hydrogens is 546 g/mol. The number of likely N-dealkylation sites (tertiary alicyclic amines) is 1. The van der Waals surface area contributed by atoms with Gasteiger partial charge in [0.05, 0.1) is 17.4 Å². The molecule has 0 unspecified atom stereocenters. The molecular formula is C25H26F6N6O3. The molecule has 0 spiro atoms. The maximum Gasteiger partial charge on any atom is 0.400 e. The molecule has 1 fully saturated rings. The summed E-state index contributed by atoms with van der Waals surface area (Å²) in [7, 11) is 0. The number of halogens is 6. The SMILES string of the molecule is Cc1ccc(C(=O)Nc2cn3ncnc3c(O[C@H]3CCN(C(=O)CC(C(F)(F)F)C(F)(F)F)[C@@H](C)C3)c2C)cn1. The van der Waals surface area contributed by atoms with Crippen LogP contribution in [0.2, 0.25) is 0 Å². The molecule has 0 aliphatic carbocycles. The second-order valence-electron chi connectivity index (χ2n) is 9.71. The van der Waals surface area contributed by atoms with Gasteiger partial charge in [0.1, 0.15) is 12.4 Å². The average Bonchev–Trinajstić information content (AvgIpc) is 3.32. The summed E-state index contributed by atoms with van der Waals surface area (Å²) in [5.41, 5.74) is 2.32. The summed E-state index contributed by atoms with van der Waals surface area (Å²) in [4.78, 5) is 34.6. The Morgan fingerprint density at radius 2 is 1.82 bits per heavy atom. The van der Waals surface area contributed by atoms with Gasteiger partial charge in [-0.2, -0.15) is 31.4 Å². The molecule has 0 radical (unpaired) electrons. The smallest absolute Gasteiger partial charge is 0.400 e. The number of carbonyl (C=O) groups is 2. The maximum absolute atomic E-state index is 13.0. The molecule has 4 heterocycles. The van der Waals surface area contributed by atoms with E-state index in [-0.39, 0.29) is 19.4 Å². The van der Waals surface area contributed by atoms with Gasteiger partial charge >= 0.3 is 12.4 Å². The number of aromatic nitrogens is 4. The zero-order valence-corrected chi connectivity index (χ0v) is 21.7. The number of rotatable bonds is 6. The summed E-state index contributed by atoms with van der Waals surface area (Å²) >= 11 is 0. The Balaban J connectivity index is 1.49. The van der Waals surface area contributed by atoms with Crippen molar-refractivity contribution in [1.29, 1.82) is 0 Å². The third kappa shape index (κ3) is 6.28. The van der Waals surface area contributed by atoms with Crippen LogP contribution in [0.25, 0.3) is 5.65 Å². The molecule has 1 saturated heterocycles. The summed E-state index contributed by atoms with van der Waals surface area (Å²) < 4.78 is 85.3. The number of nitrogens with zero attached hydrogens (tertiary/aromatic N) is 5. The first-order chi connectivity index (χ1) is 18.6. The van der Waals surface area contributed by atoms with E-state index < -0.39 is 48.7 Å². The van der Waals surface area contributed by atoms with E-state index in [2.05, 4.69) is 20.4 Å². The van der Waals surface area contributed by atoms with Crippen molar-refractivity contribution in [1.82, 2.24) is 24.5 Å². The molecule has 2 amide bonds. The number of fused-ring (bicyclic) bond motifs is 1. The van der Waals surface area contributed by atoms with Gasteiger partial charge in [-0.1, -0.05) is 0 Å². The van der Waals surface area contributed by atoms with Crippen LogP contribution in [0.3, 0.4) is 0 Å². The number of hydrogen-bond donors (Lipinski definition) is 1. The molecule has 0 saturated carbocycles. The largest absolute Gasteiger partial charge is 0.486 e. The van der Waals surface area contributed by atoms with Gasteiger partial charge in [-0.25, -0.2) is 9.50 Å². The monoisotopic (exact) mass is 572 g/mol. The lowest BCUT2D eigenvalue weighted by atomic mass is 9.97. The number of ether oxygens (including phenoxy) is 1. The Kier molecular flexibility index (Phi) is 7.94. The summed E-state index contributed by atoms with van der Waals surface area (Å²) in [5, 5.41) is 6.90. The number of amides is 2. The molecule has 0 aromatic carbocycles. The number of piperidine rings is 1. The van der Waals surface area contributed by atoms with Crippen LogP contribution >= 0.6 is 0 Å². The van der Waals surface area contributed by atoms with Gasteiger partial charge < -0.3 is 15.0 Å². The lowest BCUT2D eigenvalue weighted by Crippen LogP contribution is -2.49. The second-order valence-corrected chi connectivity index (χ2v) is 9.71. The van der Waals surface area contributed by atoms with Crippen LogP contribution in [0.15, 0.2) is 30.9 Å². The molecule has 2 atom stereocenters. The summed E-state index contributed by atoms with van der Waals surface area (Å²) in [6, 6.07) is 2.64. The van der Waals surface area contributed by atoms with Gasteiger partial charge in [-0.3, -0.25) is 14.6 Å². The Morgan fingerprint density at radius 1 is 1.12 bits per heavy atom. The fourth-order valence-corrected chi connectivity index (χ4v) is 4.56. The van der Waals surface area contributed by atoms with E-state index in [1.807, 2.05) is 0 Å². The minimum atomic E-state index is -5.59. The molecule has 0 bridgehead atoms. The van der Waals surface area contributed by atoms with Crippen molar-refractivity contribution >= 4 is 23.1 Å². The molecule has 1 aliphatic heterocycles. The van der Waals surface area contributed by atoms with Crippen molar-refractivity contribution in [3.8, 4) is 5.75 Å². The fraction of sp³-hybridized carbons (Fsp3) is 0.480. The van der Waals surface area contributed by atoms with Crippen molar-refractivity contribution < 1.29 is 40.7 Å². The van der Waals surface area contributed by atoms with Crippen LogP contribution in [-0.4, -0.2) is 67.3 Å². The van der Waals surface area contributed by atoms with E-state index in [0.717, 1.165) is 10.6 Å². The Labute approximate surface area is 224 Å². The molecule has 3 aromatic heterocycles. The third-order valence-electron chi connectivity index (χ3n) is 6.80. The van der Waals surface area contributed by atoms with Gasteiger partial charge in [0.15, 0.2) is 17.3 Å². The summed E-state index contributed by atoms with van der Waals surface area (Å²) in [6.45, 7) is 4.93. The number of anilines is 1. The number of hydrogen-bond acceptors (Lipinski definition) is 6. The molecule has 4 rings (SSSR count). The highest BCUT2D eigenvalue weighted by Gasteiger charge is 2.57. The quantitative estimate of drug-likeness (QED) is 0.423. The van der Waals surface area contributed by atoms with Crippen LogP contribution < -0.4 is 10.1 Å². The Morgan fingerprint density at radius 3 is 2.42 bits per heavy atom. The van der Waals surface area contributed by atoms with Crippen molar-refractivity contribution in [2.45, 2.75) is 64.5 Å². The molecule has 1 N–H and O–H groups in total. The minimum absolute atomic E-state index is 0.0913.